The second-order valence-corrected chi connectivity index (χ2v) is 7.91. The van der Waals surface area contributed by atoms with Gasteiger partial charge in [-0.25, -0.2) is 0 Å². The van der Waals surface area contributed by atoms with Crippen LogP contribution in [0, 0.1) is 6.07 Å². The number of benzene rings is 4. The highest BCUT2D eigenvalue weighted by Crippen LogP contribution is 2.35. The van der Waals surface area contributed by atoms with Crippen molar-refractivity contribution < 1.29 is 9.21 Å². The van der Waals surface area contributed by atoms with Crippen LogP contribution >= 0.6 is 0 Å². The Morgan fingerprint density at radius 2 is 1.78 bits per heavy atom. The van der Waals surface area contributed by atoms with Crippen LogP contribution < -0.4 is 5.73 Å². The van der Waals surface area contributed by atoms with E-state index in [1.807, 2.05) is 30.3 Å². The lowest BCUT2D eigenvalue weighted by atomic mass is 10.0. The number of fused-ring (bicyclic) bond motifs is 4. The Bertz CT molecular complexity index is 1620. The first-order valence-electron chi connectivity index (χ1n) is 10.5. The monoisotopic (exact) mass is 415 g/mol. The minimum Gasteiger partial charge on any atom is -0.464 e. The van der Waals surface area contributed by atoms with Gasteiger partial charge in [-0.05, 0) is 58.8 Å². The van der Waals surface area contributed by atoms with E-state index >= 15 is 0 Å². The van der Waals surface area contributed by atoms with Crippen molar-refractivity contribution >= 4 is 38.5 Å². The molecule has 153 valence electrons. The van der Waals surface area contributed by atoms with Crippen molar-refractivity contribution in [1.82, 2.24) is 4.57 Å². The van der Waals surface area contributed by atoms with Gasteiger partial charge in [0.1, 0.15) is 5.76 Å². The van der Waals surface area contributed by atoms with E-state index in [1.165, 1.54) is 16.3 Å². The molecule has 1 radical (unpaired) electrons. The number of aromatic nitrogens is 1. The molecule has 32 heavy (non-hydrogen) atoms. The fourth-order valence-electron chi connectivity index (χ4n) is 4.62. The van der Waals surface area contributed by atoms with Crippen LogP contribution in [-0.4, -0.2) is 10.5 Å². The second-order valence-electron chi connectivity index (χ2n) is 7.91. The van der Waals surface area contributed by atoms with E-state index in [4.69, 9.17) is 10.2 Å². The number of amides is 1. The summed E-state index contributed by atoms with van der Waals surface area (Å²) in [6.45, 7) is 0.652. The van der Waals surface area contributed by atoms with Gasteiger partial charge in [-0.2, -0.15) is 0 Å². The molecule has 0 spiro atoms. The minimum absolute atomic E-state index is 0.441. The molecule has 6 rings (SSSR count). The Kier molecular flexibility index (Phi) is 4.12. The van der Waals surface area contributed by atoms with E-state index in [9.17, 15) is 4.79 Å². The molecule has 0 fully saturated rings. The fraction of sp³-hybridized carbons (Fsp3) is 0.0357. The third-order valence-electron chi connectivity index (χ3n) is 6.07. The molecule has 0 unspecified atom stereocenters. The fourth-order valence-corrected chi connectivity index (χ4v) is 4.62. The van der Waals surface area contributed by atoms with Crippen molar-refractivity contribution in [2.24, 2.45) is 5.73 Å². The molecule has 0 atom stereocenters. The van der Waals surface area contributed by atoms with Crippen molar-refractivity contribution in [1.29, 1.82) is 0 Å². The number of primary amides is 1. The summed E-state index contributed by atoms with van der Waals surface area (Å²) in [5.74, 6) is 0.337. The molecule has 0 saturated heterocycles. The molecular weight excluding hydrogens is 396 g/mol. The van der Waals surface area contributed by atoms with E-state index < -0.39 is 5.91 Å². The maximum absolute atomic E-state index is 12.2. The summed E-state index contributed by atoms with van der Waals surface area (Å²) in [6, 6.07) is 31.6. The van der Waals surface area contributed by atoms with Crippen LogP contribution in [-0.2, 0) is 6.54 Å². The minimum atomic E-state index is -0.441. The van der Waals surface area contributed by atoms with E-state index in [0.717, 1.165) is 33.1 Å². The molecule has 0 bridgehead atoms. The number of nitrogens with two attached hydrogens (primary N) is 1. The molecule has 0 aliphatic heterocycles. The Balaban J connectivity index is 1.66. The average molecular weight is 415 g/mol. The third-order valence-corrected chi connectivity index (χ3v) is 6.07. The van der Waals surface area contributed by atoms with Gasteiger partial charge in [0, 0.05) is 28.4 Å². The molecule has 1 amide bonds. The largest absolute Gasteiger partial charge is 0.464 e. The Hall–Kier alpha value is -4.31. The predicted octanol–water partition coefficient (Wildman–Crippen LogP) is 6.16. The quantitative estimate of drug-likeness (QED) is 0.375. The highest BCUT2D eigenvalue weighted by atomic mass is 16.3. The molecule has 2 aromatic heterocycles. The number of furan rings is 1. The van der Waals surface area contributed by atoms with Gasteiger partial charge in [-0.1, -0.05) is 48.5 Å². The molecule has 4 heteroatoms. The smallest absolute Gasteiger partial charge is 0.249 e. The van der Waals surface area contributed by atoms with E-state index in [1.54, 1.807) is 12.3 Å². The Morgan fingerprint density at radius 1 is 0.938 bits per heavy atom. The topological polar surface area (TPSA) is 61.2 Å². The SMILES string of the molecule is NC(=O)c1cccc2c1c1[c]cc(-c3ccco3)cc1n2Cc1cccc2ccccc12. The highest BCUT2D eigenvalue weighted by Gasteiger charge is 2.18. The summed E-state index contributed by atoms with van der Waals surface area (Å²) in [7, 11) is 0. The van der Waals surface area contributed by atoms with E-state index in [-0.39, 0.29) is 0 Å². The van der Waals surface area contributed by atoms with Gasteiger partial charge in [0.05, 0.1) is 17.3 Å². The molecule has 0 aliphatic carbocycles. The first-order valence-corrected chi connectivity index (χ1v) is 10.5. The summed E-state index contributed by atoms with van der Waals surface area (Å²) < 4.78 is 7.85. The number of hydrogen-bond acceptors (Lipinski definition) is 2. The van der Waals surface area contributed by atoms with Crippen LogP contribution in [0.25, 0.3) is 43.9 Å². The maximum atomic E-state index is 12.2. The lowest BCUT2D eigenvalue weighted by molar-refractivity contribution is 0.100. The second kappa shape index (κ2) is 7.13. The van der Waals surface area contributed by atoms with Crippen molar-refractivity contribution in [3.8, 4) is 11.3 Å². The van der Waals surface area contributed by atoms with Crippen LogP contribution in [0.2, 0.25) is 0 Å². The van der Waals surface area contributed by atoms with Crippen LogP contribution in [0.1, 0.15) is 15.9 Å². The lowest BCUT2D eigenvalue weighted by Crippen LogP contribution is -2.11. The Morgan fingerprint density at radius 3 is 2.62 bits per heavy atom. The number of nitrogens with zero attached hydrogens (tertiary/aromatic N) is 1. The summed E-state index contributed by atoms with van der Waals surface area (Å²) in [5, 5.41) is 4.12. The molecule has 6 aromatic rings. The number of carbonyl (C=O) groups is 1. The standard InChI is InChI=1S/C28H19N2O2/c29-28(31)23-10-4-11-24-27(23)22-14-13-19(26-12-5-15-32-26)16-25(22)30(24)17-20-8-3-7-18-6-1-2-9-21(18)20/h1-13,15-16H,17H2,(H2,29,31). The van der Waals surface area contributed by atoms with Crippen LogP contribution in [0.4, 0.5) is 0 Å². The molecule has 4 nitrogen and oxygen atoms in total. The van der Waals surface area contributed by atoms with Gasteiger partial charge >= 0.3 is 0 Å². The van der Waals surface area contributed by atoms with Crippen molar-refractivity contribution in [2.75, 3.05) is 0 Å². The van der Waals surface area contributed by atoms with Crippen LogP contribution in [0.5, 0.6) is 0 Å². The normalized spacial score (nSPS) is 11.5. The third kappa shape index (κ3) is 2.81. The van der Waals surface area contributed by atoms with Crippen molar-refractivity contribution in [2.45, 2.75) is 6.54 Å². The maximum Gasteiger partial charge on any atom is 0.249 e. The molecule has 0 aliphatic rings. The molecule has 2 heterocycles. The van der Waals surface area contributed by atoms with Crippen molar-refractivity contribution in [3.63, 3.8) is 0 Å². The van der Waals surface area contributed by atoms with Gasteiger partial charge in [0.2, 0.25) is 5.91 Å². The van der Waals surface area contributed by atoms with Gasteiger partial charge in [0.15, 0.2) is 0 Å². The predicted molar refractivity (Wildman–Crippen MR) is 128 cm³/mol. The van der Waals surface area contributed by atoms with Gasteiger partial charge in [-0.15, -0.1) is 0 Å². The summed E-state index contributed by atoms with van der Waals surface area (Å²) >= 11 is 0. The van der Waals surface area contributed by atoms with Gasteiger partial charge in [-0.3, -0.25) is 4.79 Å². The number of rotatable bonds is 4. The number of hydrogen-bond donors (Lipinski definition) is 1. The lowest BCUT2D eigenvalue weighted by Gasteiger charge is -2.11. The highest BCUT2D eigenvalue weighted by molar-refractivity contribution is 6.18. The zero-order chi connectivity index (χ0) is 21.7. The zero-order valence-corrected chi connectivity index (χ0v) is 17.2. The van der Waals surface area contributed by atoms with E-state index in [2.05, 4.69) is 59.2 Å². The number of carbonyl (C=O) groups excluding carboxylic acids is 1. The van der Waals surface area contributed by atoms with E-state index in [0.29, 0.717) is 12.1 Å². The molecule has 4 aromatic carbocycles. The zero-order valence-electron chi connectivity index (χ0n) is 17.2. The first-order chi connectivity index (χ1) is 15.7. The van der Waals surface area contributed by atoms with Crippen LogP contribution in [0.15, 0.2) is 95.6 Å². The average Bonchev–Trinajstić information content (AvgIpc) is 3.46. The Labute approximate surface area is 184 Å². The first kappa shape index (κ1) is 18.5. The van der Waals surface area contributed by atoms with Crippen LogP contribution in [0.3, 0.4) is 0 Å². The van der Waals surface area contributed by atoms with Crippen molar-refractivity contribution in [3.05, 3.63) is 108 Å². The molecule has 2 N–H and O–H groups in total. The summed E-state index contributed by atoms with van der Waals surface area (Å²) in [6.07, 6.45) is 1.66. The van der Waals surface area contributed by atoms with Gasteiger partial charge < -0.3 is 14.7 Å². The summed E-state index contributed by atoms with van der Waals surface area (Å²) in [5.41, 5.74) is 10.3. The molecular formula is C28H19N2O2. The van der Waals surface area contributed by atoms with Gasteiger partial charge in [0.25, 0.3) is 0 Å². The molecule has 0 saturated carbocycles. The summed E-state index contributed by atoms with van der Waals surface area (Å²) in [4.78, 5) is 12.2.